The van der Waals surface area contributed by atoms with E-state index in [0.29, 0.717) is 36.3 Å². The number of rotatable bonds is 19. The molecular weight excluding hydrogens is 1060 g/mol. The van der Waals surface area contributed by atoms with Crippen LogP contribution in [0.1, 0.15) is 121 Å². The average molecular weight is 1130 g/mol. The molecule has 0 spiro atoms. The average Bonchev–Trinajstić information content (AvgIpc) is 3.43. The van der Waals surface area contributed by atoms with Gasteiger partial charge in [0, 0.05) is 30.7 Å². The number of amides is 1. The lowest BCUT2D eigenvalue weighted by Crippen LogP contribution is -2.82. The van der Waals surface area contributed by atoms with E-state index in [1.165, 1.54) is 32.9 Å². The maximum absolute atomic E-state index is 17.0. The van der Waals surface area contributed by atoms with E-state index in [9.17, 15) is 33.8 Å². The molecule has 2 bridgehead atoms. The highest BCUT2D eigenvalue weighted by atomic mass is 28.4. The minimum atomic E-state index is -3.02. The van der Waals surface area contributed by atoms with E-state index in [2.05, 4.69) is 5.32 Å². The predicted molar refractivity (Wildman–Crippen MR) is 280 cm³/mol. The molecule has 0 radical (unpaired) electrons. The molecule has 4 aliphatic rings. The Bertz CT molecular complexity index is 2770. The number of ketones is 1. The number of hydrogen-bond donors (Lipinski definition) is 3. The second-order valence-electron chi connectivity index (χ2n) is 22.0. The molecule has 2 saturated carbocycles. The lowest BCUT2D eigenvalue weighted by Gasteiger charge is -2.68. The number of Topliss-reactive ketones (excluding diaryl/α,β-unsaturated/α-hetero) is 1. The second kappa shape index (κ2) is 22.8. The van der Waals surface area contributed by atoms with Crippen LogP contribution in [0, 0.1) is 45.8 Å². The van der Waals surface area contributed by atoms with Crippen molar-refractivity contribution in [2.24, 2.45) is 16.7 Å². The minimum absolute atomic E-state index is 0.0481. The van der Waals surface area contributed by atoms with Crippen LogP contribution in [0.25, 0.3) is 0 Å². The topological polar surface area (TPSA) is 193 Å². The quantitative estimate of drug-likeness (QED) is 0.0196. The molecule has 1 amide bonds. The first-order chi connectivity index (χ1) is 36.7. The fourth-order valence-electron chi connectivity index (χ4n) is 12.9. The monoisotopic (exact) mass is 1130 g/mol. The molecular formula is C57H72F5NO13Si2. The van der Waals surface area contributed by atoms with Crippen molar-refractivity contribution in [3.8, 4) is 0 Å². The number of aliphatic hydroxyl groups excluding tert-OH is 1. The summed E-state index contributed by atoms with van der Waals surface area (Å²) in [6.07, 6.45) is -11.1. The van der Waals surface area contributed by atoms with Gasteiger partial charge in [0.2, 0.25) is 5.82 Å². The standard InChI is InChI=1S/C57H72F5NO13Si2/c1-12-77(13-2,14-3)75-36-28-37-56(30-71-37,74-32(8)64)48-50(73-52(68)38-40(58)42(60)44(62)43(61)41(38)59)57(70)29-35(31(7)39(54(57,9)10)47(49(66)55(36,48)11)76-78(15-4,16-5)17-6)72-53(69)46(65)45(33-24-20-18-21-25-33)63-51(67)34-26-22-19-23-27-34/h18-27,35-37,45-48,50,65,70H,12-17,28-30H2,1-11H3,(H,63,67)/t35-,36-,37+,45-,46+,47+,48-,50-,55+,56-,57+/m0/s1. The van der Waals surface area contributed by atoms with Crippen LogP contribution in [0.5, 0.6) is 0 Å². The summed E-state index contributed by atoms with van der Waals surface area (Å²) >= 11 is 0. The van der Waals surface area contributed by atoms with Crippen molar-refractivity contribution in [2.75, 3.05) is 6.61 Å². The molecule has 3 N–H and O–H groups in total. The summed E-state index contributed by atoms with van der Waals surface area (Å²) in [6.45, 7) is 18.3. The number of hydrogen-bond acceptors (Lipinski definition) is 13. The van der Waals surface area contributed by atoms with E-state index in [1.807, 2.05) is 41.5 Å². The van der Waals surface area contributed by atoms with Crippen LogP contribution in [-0.2, 0) is 42.2 Å². The summed E-state index contributed by atoms with van der Waals surface area (Å²) in [4.78, 5) is 73.8. The van der Waals surface area contributed by atoms with E-state index in [1.54, 1.807) is 55.5 Å². The molecule has 3 aromatic carbocycles. The lowest BCUT2D eigenvalue weighted by molar-refractivity contribution is -0.344. The van der Waals surface area contributed by atoms with Crippen molar-refractivity contribution >= 4 is 46.2 Å². The van der Waals surface area contributed by atoms with Gasteiger partial charge in [-0.05, 0) is 79.0 Å². The van der Waals surface area contributed by atoms with Gasteiger partial charge in [0.25, 0.3) is 5.91 Å². The Morgan fingerprint density at radius 2 is 1.28 bits per heavy atom. The molecule has 7 rings (SSSR count). The largest absolute Gasteiger partial charge is 0.456 e. The molecule has 1 saturated heterocycles. The second-order valence-corrected chi connectivity index (χ2v) is 31.5. The minimum Gasteiger partial charge on any atom is -0.456 e. The molecule has 78 heavy (non-hydrogen) atoms. The maximum Gasteiger partial charge on any atom is 0.344 e. The highest BCUT2D eigenvalue weighted by molar-refractivity contribution is 6.74. The van der Waals surface area contributed by atoms with Gasteiger partial charge in [-0.25, -0.2) is 31.5 Å². The Morgan fingerprint density at radius 3 is 1.78 bits per heavy atom. The first kappa shape index (κ1) is 60.5. The van der Waals surface area contributed by atoms with Gasteiger partial charge in [0.1, 0.15) is 35.6 Å². The van der Waals surface area contributed by atoms with Gasteiger partial charge in [0.05, 0.1) is 30.1 Å². The normalized spacial score (nSPS) is 28.4. The molecule has 3 aromatic rings. The number of nitrogens with one attached hydrogen (secondary N) is 1. The number of halogens is 5. The number of ether oxygens (including phenoxy) is 4. The number of carbonyl (C=O) groups is 5. The molecule has 21 heteroatoms. The summed E-state index contributed by atoms with van der Waals surface area (Å²) in [7, 11) is -5.87. The van der Waals surface area contributed by atoms with Gasteiger partial charge < -0.3 is 43.3 Å². The number of benzene rings is 3. The molecule has 426 valence electrons. The summed E-state index contributed by atoms with van der Waals surface area (Å²) in [5.41, 5.74) is -10.1. The van der Waals surface area contributed by atoms with Crippen LogP contribution in [-0.4, -0.2) is 111 Å². The number of esters is 3. The zero-order valence-electron chi connectivity index (χ0n) is 46.0. The Balaban J connectivity index is 1.53. The number of aliphatic hydroxyl groups is 2. The maximum atomic E-state index is 17.0. The number of fused-ring (bicyclic) bond motifs is 5. The first-order valence-corrected chi connectivity index (χ1v) is 31.9. The zero-order chi connectivity index (χ0) is 57.7. The fraction of sp³-hybridized carbons (Fsp3) is 0.561. The van der Waals surface area contributed by atoms with Crippen molar-refractivity contribution in [1.29, 1.82) is 0 Å². The van der Waals surface area contributed by atoms with Crippen molar-refractivity contribution < 1.29 is 83.9 Å². The molecule has 14 nitrogen and oxygen atoms in total. The van der Waals surface area contributed by atoms with Gasteiger partial charge in [0.15, 0.2) is 57.4 Å². The Labute approximate surface area is 454 Å². The highest BCUT2D eigenvalue weighted by Crippen LogP contribution is 2.65. The third-order valence-corrected chi connectivity index (χ3v) is 27.4. The van der Waals surface area contributed by atoms with E-state index < -0.39 is 165 Å². The van der Waals surface area contributed by atoms with Gasteiger partial charge in [-0.15, -0.1) is 0 Å². The molecule has 1 aliphatic heterocycles. The van der Waals surface area contributed by atoms with E-state index in [-0.39, 0.29) is 28.7 Å². The van der Waals surface area contributed by atoms with Crippen LogP contribution in [0.3, 0.4) is 0 Å². The zero-order valence-corrected chi connectivity index (χ0v) is 48.0. The van der Waals surface area contributed by atoms with Gasteiger partial charge in [-0.1, -0.05) is 104 Å². The van der Waals surface area contributed by atoms with Crippen LogP contribution < -0.4 is 5.32 Å². The van der Waals surface area contributed by atoms with Crippen molar-refractivity contribution in [1.82, 2.24) is 5.32 Å². The molecule has 3 aliphatic carbocycles. The molecule has 3 fully saturated rings. The Morgan fingerprint density at radius 1 is 0.769 bits per heavy atom. The van der Waals surface area contributed by atoms with E-state index in [0.717, 1.165) is 6.92 Å². The third-order valence-electron chi connectivity index (χ3n) is 18.2. The molecule has 0 unspecified atom stereocenters. The summed E-state index contributed by atoms with van der Waals surface area (Å²) in [5, 5.41) is 29.1. The van der Waals surface area contributed by atoms with Crippen molar-refractivity contribution in [3.63, 3.8) is 0 Å². The van der Waals surface area contributed by atoms with Crippen LogP contribution in [0.2, 0.25) is 36.3 Å². The van der Waals surface area contributed by atoms with Crippen molar-refractivity contribution in [3.05, 3.63) is 118 Å². The molecule has 0 aromatic heterocycles. The predicted octanol–water partition coefficient (Wildman–Crippen LogP) is 9.92. The SMILES string of the molecule is CC[Si](CC)(CC)O[C@H]1C(=O)[C@]2(C)[C@@H](O[Si](CC)(CC)CC)C[C@H]3OC[C@@]3(OC(C)=O)[C@H]2[C@H](OC(=O)c2c(F)c(F)c(F)c(F)c2F)[C@]2(O)C[C@H](OC(=O)[C@H](O)[C@@H](NC(=O)c3ccccc3)c3ccccc3)C(C)=C1C2(C)C. The van der Waals surface area contributed by atoms with Gasteiger partial charge in [-0.3, -0.25) is 14.4 Å². The summed E-state index contributed by atoms with van der Waals surface area (Å²) in [5.74, 6) is -20.2. The first-order valence-electron chi connectivity index (χ1n) is 26.8. The van der Waals surface area contributed by atoms with Gasteiger partial charge in [-0.2, -0.15) is 0 Å². The van der Waals surface area contributed by atoms with Gasteiger partial charge >= 0.3 is 17.9 Å². The Hall–Kier alpha value is -5.17. The number of carbonyl (C=O) groups excluding carboxylic acids is 5. The fourth-order valence-corrected chi connectivity index (χ4v) is 18.6. The van der Waals surface area contributed by atoms with E-state index >= 15 is 22.4 Å². The van der Waals surface area contributed by atoms with Crippen LogP contribution in [0.4, 0.5) is 22.0 Å². The van der Waals surface area contributed by atoms with Crippen molar-refractivity contribution in [2.45, 2.75) is 179 Å². The highest BCUT2D eigenvalue weighted by Gasteiger charge is 2.79. The summed E-state index contributed by atoms with van der Waals surface area (Å²) in [6, 6.07) is 17.8. The van der Waals surface area contributed by atoms with E-state index in [4.69, 9.17) is 27.8 Å². The molecule has 11 atom stereocenters. The lowest BCUT2D eigenvalue weighted by atomic mass is 9.44. The molecule has 1 heterocycles. The summed E-state index contributed by atoms with van der Waals surface area (Å²) < 4.78 is 116. The Kier molecular flexibility index (Phi) is 17.6. The van der Waals surface area contributed by atoms with Crippen LogP contribution >= 0.6 is 0 Å². The smallest absolute Gasteiger partial charge is 0.344 e. The van der Waals surface area contributed by atoms with Crippen LogP contribution in [0.15, 0.2) is 71.8 Å². The third kappa shape index (κ3) is 10.0.